The molecule has 2 aromatic carbocycles. The first kappa shape index (κ1) is 14.3. The lowest BCUT2D eigenvalue weighted by Crippen LogP contribution is -1.89. The van der Waals surface area contributed by atoms with E-state index >= 15 is 0 Å². The maximum Gasteiger partial charge on any atom is 0.0463 e. The van der Waals surface area contributed by atoms with Crippen LogP contribution in [0.2, 0.25) is 5.02 Å². The van der Waals surface area contributed by atoms with E-state index in [1.165, 1.54) is 0 Å². The molecule has 5 heteroatoms. The molecular formula is C13H10Br2ClNS. The molecule has 0 fully saturated rings. The van der Waals surface area contributed by atoms with Crippen molar-refractivity contribution in [2.75, 3.05) is 5.73 Å². The lowest BCUT2D eigenvalue weighted by atomic mass is 10.2. The summed E-state index contributed by atoms with van der Waals surface area (Å²) in [6.07, 6.45) is 0. The van der Waals surface area contributed by atoms with Crippen LogP contribution in [0.1, 0.15) is 5.56 Å². The molecule has 0 unspecified atom stereocenters. The molecular weight excluding hydrogens is 397 g/mol. The summed E-state index contributed by atoms with van der Waals surface area (Å²) in [7, 11) is 0. The van der Waals surface area contributed by atoms with Crippen LogP contribution in [0.5, 0.6) is 0 Å². The topological polar surface area (TPSA) is 26.0 Å². The van der Waals surface area contributed by atoms with Crippen LogP contribution < -0.4 is 5.73 Å². The number of nitrogens with two attached hydrogens (primary N) is 1. The van der Waals surface area contributed by atoms with Crippen molar-refractivity contribution in [1.82, 2.24) is 0 Å². The average Bonchev–Trinajstić information content (AvgIpc) is 2.30. The Balaban J connectivity index is 2.11. The largest absolute Gasteiger partial charge is 0.398 e. The number of anilines is 1. The van der Waals surface area contributed by atoms with Crippen molar-refractivity contribution in [1.29, 1.82) is 0 Å². The second-order valence-electron chi connectivity index (χ2n) is 3.71. The van der Waals surface area contributed by atoms with Gasteiger partial charge in [-0.25, -0.2) is 0 Å². The molecule has 0 aliphatic carbocycles. The minimum atomic E-state index is 0.771. The van der Waals surface area contributed by atoms with Crippen molar-refractivity contribution < 1.29 is 0 Å². The molecule has 0 aromatic heterocycles. The molecule has 0 aliphatic rings. The highest BCUT2D eigenvalue weighted by molar-refractivity contribution is 9.10. The average molecular weight is 408 g/mol. The van der Waals surface area contributed by atoms with Gasteiger partial charge in [-0.05, 0) is 35.9 Å². The molecule has 0 aliphatic heterocycles. The highest BCUT2D eigenvalue weighted by atomic mass is 79.9. The monoisotopic (exact) mass is 405 g/mol. The molecule has 2 rings (SSSR count). The summed E-state index contributed by atoms with van der Waals surface area (Å²) in [5.74, 6) is 0.804. The predicted molar refractivity (Wildman–Crippen MR) is 87.3 cm³/mol. The maximum atomic E-state index is 6.18. The molecule has 0 saturated heterocycles. The molecule has 18 heavy (non-hydrogen) atoms. The highest BCUT2D eigenvalue weighted by Crippen LogP contribution is 2.32. The van der Waals surface area contributed by atoms with Crippen LogP contribution in [0.3, 0.4) is 0 Å². The number of halogens is 3. The number of hydrogen-bond donors (Lipinski definition) is 1. The first-order valence-electron chi connectivity index (χ1n) is 5.18. The van der Waals surface area contributed by atoms with Crippen molar-refractivity contribution in [3.8, 4) is 0 Å². The Morgan fingerprint density at radius 2 is 1.72 bits per heavy atom. The summed E-state index contributed by atoms with van der Waals surface area (Å²) < 4.78 is 1.98. The number of nitrogen functional groups attached to an aromatic ring is 1. The summed E-state index contributed by atoms with van der Waals surface area (Å²) in [6, 6.07) is 11.8. The molecule has 2 N–H and O–H groups in total. The van der Waals surface area contributed by atoms with Crippen LogP contribution in [0.15, 0.2) is 50.2 Å². The smallest absolute Gasteiger partial charge is 0.0463 e. The van der Waals surface area contributed by atoms with E-state index in [0.29, 0.717) is 0 Å². The molecule has 0 spiro atoms. The lowest BCUT2D eigenvalue weighted by Gasteiger charge is -2.07. The standard InChI is InChI=1S/C13H10Br2ClNS/c14-9-2-1-8(11(16)5-9)7-18-13-4-3-10(15)6-12(13)17/h1-6H,7,17H2. The molecule has 0 heterocycles. The second kappa shape index (κ2) is 6.33. The molecule has 2 aromatic rings. The number of benzene rings is 2. The van der Waals surface area contributed by atoms with E-state index in [1.807, 2.05) is 36.4 Å². The maximum absolute atomic E-state index is 6.18. The Morgan fingerprint density at radius 3 is 2.39 bits per heavy atom. The van der Waals surface area contributed by atoms with Gasteiger partial charge in [0, 0.05) is 30.3 Å². The van der Waals surface area contributed by atoms with E-state index in [1.54, 1.807) is 11.8 Å². The van der Waals surface area contributed by atoms with Crippen LogP contribution in [-0.2, 0) is 5.75 Å². The van der Waals surface area contributed by atoms with E-state index < -0.39 is 0 Å². The fourth-order valence-electron chi connectivity index (χ4n) is 1.45. The van der Waals surface area contributed by atoms with Crippen LogP contribution in [0.25, 0.3) is 0 Å². The van der Waals surface area contributed by atoms with Crippen LogP contribution in [0, 0.1) is 0 Å². The first-order valence-corrected chi connectivity index (χ1v) is 8.13. The fraction of sp³-hybridized carbons (Fsp3) is 0.0769. The second-order valence-corrected chi connectivity index (χ2v) is 6.96. The summed E-state index contributed by atoms with van der Waals surface area (Å²) >= 11 is 14.7. The minimum Gasteiger partial charge on any atom is -0.398 e. The van der Waals surface area contributed by atoms with Gasteiger partial charge in [0.2, 0.25) is 0 Å². The molecule has 0 amide bonds. The summed E-state index contributed by atoms with van der Waals surface area (Å²) in [5.41, 5.74) is 7.84. The Labute approximate surface area is 132 Å². The number of thioether (sulfide) groups is 1. The summed E-state index contributed by atoms with van der Waals surface area (Å²) in [4.78, 5) is 1.07. The van der Waals surface area contributed by atoms with E-state index in [-0.39, 0.29) is 0 Å². The SMILES string of the molecule is Nc1cc(Br)ccc1SCc1ccc(Br)cc1Cl. The van der Waals surface area contributed by atoms with Crippen LogP contribution >= 0.6 is 55.2 Å². The summed E-state index contributed by atoms with van der Waals surface area (Å²) in [5, 5.41) is 0.771. The third-order valence-electron chi connectivity index (χ3n) is 2.37. The van der Waals surface area contributed by atoms with E-state index in [9.17, 15) is 0 Å². The van der Waals surface area contributed by atoms with Gasteiger partial charge in [-0.2, -0.15) is 0 Å². The molecule has 0 saturated carbocycles. The molecule has 0 atom stereocenters. The van der Waals surface area contributed by atoms with Crippen molar-refractivity contribution in [2.45, 2.75) is 10.6 Å². The molecule has 0 bridgehead atoms. The van der Waals surface area contributed by atoms with Crippen LogP contribution in [-0.4, -0.2) is 0 Å². The van der Waals surface area contributed by atoms with Gasteiger partial charge in [0.05, 0.1) is 0 Å². The Morgan fingerprint density at radius 1 is 1.06 bits per heavy atom. The normalized spacial score (nSPS) is 10.6. The first-order chi connectivity index (χ1) is 8.56. The number of rotatable bonds is 3. The van der Waals surface area contributed by atoms with Crippen molar-refractivity contribution in [3.05, 3.63) is 55.9 Å². The molecule has 1 nitrogen and oxygen atoms in total. The minimum absolute atomic E-state index is 0.771. The molecule has 94 valence electrons. The van der Waals surface area contributed by atoms with Gasteiger partial charge in [-0.1, -0.05) is 49.5 Å². The van der Waals surface area contributed by atoms with E-state index in [0.717, 1.165) is 35.9 Å². The van der Waals surface area contributed by atoms with Crippen molar-refractivity contribution in [2.24, 2.45) is 0 Å². The van der Waals surface area contributed by atoms with Gasteiger partial charge in [0.15, 0.2) is 0 Å². The number of hydrogen-bond acceptors (Lipinski definition) is 2. The fourth-order valence-corrected chi connectivity index (χ4v) is 3.60. The van der Waals surface area contributed by atoms with Gasteiger partial charge in [-0.15, -0.1) is 11.8 Å². The Bertz CT molecular complexity index is 523. The zero-order valence-corrected chi connectivity index (χ0v) is 14.0. The van der Waals surface area contributed by atoms with E-state index in [2.05, 4.69) is 31.9 Å². The Hall–Kier alpha value is -0.160. The van der Waals surface area contributed by atoms with Gasteiger partial charge in [-0.3, -0.25) is 0 Å². The van der Waals surface area contributed by atoms with Gasteiger partial charge >= 0.3 is 0 Å². The molecule has 0 radical (unpaired) electrons. The van der Waals surface area contributed by atoms with E-state index in [4.69, 9.17) is 17.3 Å². The zero-order chi connectivity index (χ0) is 13.1. The predicted octanol–water partition coefficient (Wildman–Crippen LogP) is 5.74. The van der Waals surface area contributed by atoms with Gasteiger partial charge in [0.1, 0.15) is 0 Å². The lowest BCUT2D eigenvalue weighted by molar-refractivity contribution is 1.37. The third-order valence-corrected chi connectivity index (χ3v) is 4.85. The Kier molecular flexibility index (Phi) is 5.01. The van der Waals surface area contributed by atoms with Gasteiger partial charge < -0.3 is 5.73 Å². The van der Waals surface area contributed by atoms with Crippen molar-refractivity contribution in [3.63, 3.8) is 0 Å². The summed E-state index contributed by atoms with van der Waals surface area (Å²) in [6.45, 7) is 0. The van der Waals surface area contributed by atoms with Crippen LogP contribution in [0.4, 0.5) is 5.69 Å². The van der Waals surface area contributed by atoms with Crippen molar-refractivity contribution >= 4 is 60.9 Å². The quantitative estimate of drug-likeness (QED) is 0.519. The zero-order valence-electron chi connectivity index (χ0n) is 9.29. The highest BCUT2D eigenvalue weighted by Gasteiger charge is 2.05. The third kappa shape index (κ3) is 3.67. The van der Waals surface area contributed by atoms with Gasteiger partial charge in [0.25, 0.3) is 0 Å².